The number of aliphatic hydroxyl groups excluding tert-OH is 1. The van der Waals surface area contributed by atoms with E-state index in [1.807, 2.05) is 31.3 Å². The number of amides is 1. The first kappa shape index (κ1) is 20.4. The number of likely N-dealkylation sites (N-methyl/N-ethyl adjacent to an activating group) is 1. The van der Waals surface area contributed by atoms with Gasteiger partial charge in [0.25, 0.3) is 0 Å². The molecule has 0 aliphatic carbocycles. The number of nitrogens with zero attached hydrogens (tertiary/aromatic N) is 1. The van der Waals surface area contributed by atoms with E-state index in [1.165, 1.54) is 0 Å². The van der Waals surface area contributed by atoms with Crippen LogP contribution in [0.15, 0.2) is 24.3 Å². The minimum Gasteiger partial charge on any atom is -0.392 e. The van der Waals surface area contributed by atoms with Crippen molar-refractivity contribution in [3.05, 3.63) is 35.4 Å². The molecule has 5 heteroatoms. The van der Waals surface area contributed by atoms with E-state index in [-0.39, 0.29) is 23.4 Å². The lowest BCUT2D eigenvalue weighted by atomic mass is 9.86. The molecule has 0 saturated carbocycles. The van der Waals surface area contributed by atoms with Gasteiger partial charge in [0.15, 0.2) is 0 Å². The Morgan fingerprint density at radius 3 is 2.58 bits per heavy atom. The summed E-state index contributed by atoms with van der Waals surface area (Å²) in [6.45, 7) is 8.24. The minimum atomic E-state index is -0.460. The summed E-state index contributed by atoms with van der Waals surface area (Å²) < 4.78 is 0. The number of rotatable bonds is 6. The van der Waals surface area contributed by atoms with Crippen molar-refractivity contribution in [1.82, 2.24) is 15.5 Å². The van der Waals surface area contributed by atoms with Crippen molar-refractivity contribution in [2.45, 2.75) is 51.9 Å². The van der Waals surface area contributed by atoms with Crippen LogP contribution in [-0.2, 0) is 11.3 Å². The molecule has 1 heterocycles. The average Bonchev–Trinajstić information content (AvgIpc) is 2.97. The second-order valence-corrected chi connectivity index (χ2v) is 8.13. The van der Waals surface area contributed by atoms with Gasteiger partial charge in [-0.05, 0) is 36.6 Å². The number of aliphatic hydroxyl groups is 1. The highest BCUT2D eigenvalue weighted by atomic mass is 16.3. The number of hydrogen-bond donors (Lipinski definition) is 3. The molecular formula is C21H31N3O2. The van der Waals surface area contributed by atoms with Crippen LogP contribution in [0.4, 0.5) is 0 Å². The highest BCUT2D eigenvalue weighted by molar-refractivity contribution is 5.82. The number of likely N-dealkylation sites (tertiary alicyclic amines) is 1. The Morgan fingerprint density at radius 2 is 2.04 bits per heavy atom. The zero-order valence-corrected chi connectivity index (χ0v) is 16.2. The molecule has 3 N–H and O–H groups in total. The topological polar surface area (TPSA) is 64.6 Å². The summed E-state index contributed by atoms with van der Waals surface area (Å²) in [7, 11) is 1.94. The molecule has 0 bridgehead atoms. The van der Waals surface area contributed by atoms with Gasteiger partial charge in [-0.2, -0.15) is 0 Å². The third-order valence-electron chi connectivity index (χ3n) is 5.08. The first-order valence-corrected chi connectivity index (χ1v) is 9.17. The molecule has 3 atom stereocenters. The Morgan fingerprint density at radius 1 is 1.38 bits per heavy atom. The second-order valence-electron chi connectivity index (χ2n) is 8.13. The van der Waals surface area contributed by atoms with Gasteiger partial charge in [-0.25, -0.2) is 0 Å². The van der Waals surface area contributed by atoms with Crippen molar-refractivity contribution in [3.63, 3.8) is 0 Å². The fourth-order valence-electron chi connectivity index (χ4n) is 3.41. The molecule has 1 fully saturated rings. The number of nitrogens with one attached hydrogen (secondary N) is 2. The summed E-state index contributed by atoms with van der Waals surface area (Å²) in [5.74, 6) is 2.55. The van der Waals surface area contributed by atoms with Gasteiger partial charge in [0, 0.05) is 31.2 Å². The lowest BCUT2D eigenvalue weighted by molar-refractivity contribution is -0.125. The van der Waals surface area contributed by atoms with E-state index in [4.69, 9.17) is 6.42 Å². The molecule has 1 saturated heterocycles. The molecular weight excluding hydrogens is 326 g/mol. The van der Waals surface area contributed by atoms with Crippen LogP contribution < -0.4 is 10.6 Å². The molecule has 142 valence electrons. The SMILES string of the molecule is C#Cc1ccc(CNC(=O)[C@@H]2C[C@@H](O)CN2C[C@@H](NC)C(C)(C)C)cc1. The number of terminal acetylenes is 1. The summed E-state index contributed by atoms with van der Waals surface area (Å²) in [5, 5.41) is 16.4. The van der Waals surface area contributed by atoms with Gasteiger partial charge in [0.05, 0.1) is 12.1 Å². The van der Waals surface area contributed by atoms with Crippen molar-refractivity contribution in [1.29, 1.82) is 0 Å². The van der Waals surface area contributed by atoms with Gasteiger partial charge in [-0.3, -0.25) is 9.69 Å². The summed E-state index contributed by atoms with van der Waals surface area (Å²) in [6.07, 6.45) is 5.38. The quantitative estimate of drug-likeness (QED) is 0.673. The Bertz CT molecular complexity index is 643. The van der Waals surface area contributed by atoms with E-state index in [1.54, 1.807) is 0 Å². The van der Waals surface area contributed by atoms with E-state index in [0.29, 0.717) is 19.5 Å². The largest absolute Gasteiger partial charge is 0.392 e. The summed E-state index contributed by atoms with van der Waals surface area (Å²) in [5.41, 5.74) is 1.90. The Balaban J connectivity index is 1.97. The average molecular weight is 357 g/mol. The predicted molar refractivity (Wildman–Crippen MR) is 105 cm³/mol. The first-order valence-electron chi connectivity index (χ1n) is 9.17. The van der Waals surface area contributed by atoms with E-state index in [0.717, 1.165) is 17.7 Å². The van der Waals surface area contributed by atoms with Crippen molar-refractivity contribution in [3.8, 4) is 12.3 Å². The number of β-amino-alcohol motifs (C(OH)–C–C–N with tert-alkyl or cyclic N) is 1. The van der Waals surface area contributed by atoms with Crippen molar-refractivity contribution < 1.29 is 9.90 Å². The molecule has 1 aromatic rings. The van der Waals surface area contributed by atoms with Crippen LogP contribution in [0, 0.1) is 17.8 Å². The van der Waals surface area contributed by atoms with Crippen molar-refractivity contribution in [2.75, 3.05) is 20.1 Å². The first-order chi connectivity index (χ1) is 12.2. The third-order valence-corrected chi connectivity index (χ3v) is 5.08. The summed E-state index contributed by atoms with van der Waals surface area (Å²) >= 11 is 0. The molecule has 0 radical (unpaired) electrons. The van der Waals surface area contributed by atoms with E-state index >= 15 is 0 Å². The zero-order chi connectivity index (χ0) is 19.3. The standard InChI is InChI=1S/C21H31N3O2/c1-6-15-7-9-16(10-8-15)12-23-20(26)18-11-17(25)13-24(18)14-19(22-5)21(2,3)4/h1,7-10,17-19,22,25H,11-14H2,2-5H3,(H,23,26)/t17-,18+,19-/m1/s1. The molecule has 1 amide bonds. The van der Waals surface area contributed by atoms with Crippen molar-refractivity contribution >= 4 is 5.91 Å². The van der Waals surface area contributed by atoms with Crippen LogP contribution in [0.25, 0.3) is 0 Å². The molecule has 0 aromatic heterocycles. The lowest BCUT2D eigenvalue weighted by Crippen LogP contribution is -2.51. The Kier molecular flexibility index (Phi) is 6.82. The summed E-state index contributed by atoms with van der Waals surface area (Å²) in [4.78, 5) is 14.8. The van der Waals surface area contributed by atoms with Gasteiger partial charge >= 0.3 is 0 Å². The maximum Gasteiger partial charge on any atom is 0.237 e. The fourth-order valence-corrected chi connectivity index (χ4v) is 3.41. The van der Waals surface area contributed by atoms with Gasteiger partial charge in [0.1, 0.15) is 0 Å². The summed E-state index contributed by atoms with van der Waals surface area (Å²) in [6, 6.07) is 7.52. The van der Waals surface area contributed by atoms with Crippen LogP contribution >= 0.6 is 0 Å². The molecule has 1 aliphatic heterocycles. The smallest absolute Gasteiger partial charge is 0.237 e. The molecule has 2 rings (SSSR count). The third kappa shape index (κ3) is 5.31. The van der Waals surface area contributed by atoms with Crippen LogP contribution in [0.1, 0.15) is 38.3 Å². The number of hydrogen-bond acceptors (Lipinski definition) is 4. The zero-order valence-electron chi connectivity index (χ0n) is 16.2. The highest BCUT2D eigenvalue weighted by Gasteiger charge is 2.38. The maximum atomic E-state index is 12.7. The van der Waals surface area contributed by atoms with Gasteiger partial charge in [-0.15, -0.1) is 6.42 Å². The minimum absolute atomic E-state index is 0.0358. The van der Waals surface area contributed by atoms with E-state index < -0.39 is 6.10 Å². The van der Waals surface area contributed by atoms with Crippen LogP contribution in [0.3, 0.4) is 0 Å². The van der Waals surface area contributed by atoms with E-state index in [9.17, 15) is 9.90 Å². The predicted octanol–water partition coefficient (Wildman–Crippen LogP) is 1.35. The normalized spacial score (nSPS) is 22.0. The van der Waals surface area contributed by atoms with Crippen LogP contribution in [0.5, 0.6) is 0 Å². The molecule has 0 unspecified atom stereocenters. The van der Waals surface area contributed by atoms with E-state index in [2.05, 4.69) is 42.2 Å². The van der Waals surface area contributed by atoms with Gasteiger partial charge in [-0.1, -0.05) is 38.8 Å². The monoisotopic (exact) mass is 357 g/mol. The number of carbonyl (C=O) groups is 1. The van der Waals surface area contributed by atoms with Crippen LogP contribution in [-0.4, -0.2) is 54.2 Å². The van der Waals surface area contributed by atoms with Gasteiger partial charge < -0.3 is 15.7 Å². The van der Waals surface area contributed by atoms with Gasteiger partial charge in [0.2, 0.25) is 5.91 Å². The molecule has 1 aliphatic rings. The maximum absolute atomic E-state index is 12.7. The molecule has 26 heavy (non-hydrogen) atoms. The number of benzene rings is 1. The Hall–Kier alpha value is -1.87. The molecule has 5 nitrogen and oxygen atoms in total. The molecule has 1 aromatic carbocycles. The lowest BCUT2D eigenvalue weighted by Gasteiger charge is -2.35. The molecule has 0 spiro atoms. The second kappa shape index (κ2) is 8.68. The Labute approximate surface area is 157 Å². The van der Waals surface area contributed by atoms with Crippen molar-refractivity contribution in [2.24, 2.45) is 5.41 Å². The van der Waals surface area contributed by atoms with Crippen LogP contribution in [0.2, 0.25) is 0 Å². The number of carbonyl (C=O) groups excluding carboxylic acids is 1. The fraction of sp³-hybridized carbons (Fsp3) is 0.571. The highest BCUT2D eigenvalue weighted by Crippen LogP contribution is 2.24.